The second-order valence-corrected chi connectivity index (χ2v) is 4.19. The van der Waals surface area contributed by atoms with Crippen molar-refractivity contribution in [2.75, 3.05) is 18.2 Å². The average Bonchev–Trinajstić information content (AvgIpc) is 2.42. The quantitative estimate of drug-likeness (QED) is 0.666. The molecule has 0 aliphatic carbocycles. The van der Waals surface area contributed by atoms with Gasteiger partial charge in [0.25, 0.3) is 0 Å². The third-order valence-electron chi connectivity index (χ3n) is 2.43. The largest absolute Gasteiger partial charge is 0.465 e. The molecule has 98 valence electrons. The van der Waals surface area contributed by atoms with Gasteiger partial charge in [0.2, 0.25) is 0 Å². The zero-order chi connectivity index (χ0) is 13.8. The number of halogens is 1. The van der Waals surface area contributed by atoms with E-state index in [4.69, 9.17) is 17.3 Å². The fourth-order valence-corrected chi connectivity index (χ4v) is 1.69. The van der Waals surface area contributed by atoms with Crippen LogP contribution < -0.4 is 11.1 Å². The van der Waals surface area contributed by atoms with Crippen LogP contribution in [0.3, 0.4) is 0 Å². The second kappa shape index (κ2) is 5.58. The van der Waals surface area contributed by atoms with Crippen LogP contribution in [0.2, 0.25) is 5.02 Å². The Morgan fingerprint density at radius 3 is 2.89 bits per heavy atom. The van der Waals surface area contributed by atoms with Crippen molar-refractivity contribution in [3.63, 3.8) is 0 Å². The van der Waals surface area contributed by atoms with Gasteiger partial charge in [0.05, 0.1) is 23.4 Å². The van der Waals surface area contributed by atoms with Crippen LogP contribution in [0, 0.1) is 0 Å². The average molecular weight is 278 g/mol. The van der Waals surface area contributed by atoms with Crippen LogP contribution in [-0.2, 0) is 4.74 Å². The van der Waals surface area contributed by atoms with Crippen molar-refractivity contribution in [1.82, 2.24) is 4.98 Å². The molecular formula is C13H12ClN3O2. The number of ether oxygens (including phenoxy) is 1. The molecule has 0 unspecified atom stereocenters. The molecule has 0 amide bonds. The summed E-state index contributed by atoms with van der Waals surface area (Å²) in [6.07, 6.45) is 1.51. The van der Waals surface area contributed by atoms with Crippen molar-refractivity contribution in [3.8, 4) is 0 Å². The highest BCUT2D eigenvalue weighted by Crippen LogP contribution is 2.26. The topological polar surface area (TPSA) is 77.2 Å². The number of rotatable bonds is 3. The fraction of sp³-hybridized carbons (Fsp3) is 0.0769. The Kier molecular flexibility index (Phi) is 3.87. The van der Waals surface area contributed by atoms with E-state index in [9.17, 15) is 4.79 Å². The molecule has 1 aromatic carbocycles. The Labute approximate surface area is 115 Å². The standard InChI is InChI=1S/C13H12ClN3O2/c1-19-13(18)8-4-5-16-12(6-8)17-11-7-9(15)2-3-10(11)14/h2-7H,15H2,1H3,(H,16,17). The zero-order valence-corrected chi connectivity index (χ0v) is 10.9. The van der Waals surface area contributed by atoms with Crippen molar-refractivity contribution in [3.05, 3.63) is 47.1 Å². The van der Waals surface area contributed by atoms with Crippen molar-refractivity contribution < 1.29 is 9.53 Å². The Balaban J connectivity index is 2.28. The van der Waals surface area contributed by atoms with Gasteiger partial charge in [-0.25, -0.2) is 9.78 Å². The SMILES string of the molecule is COC(=O)c1ccnc(Nc2cc(N)ccc2Cl)c1. The monoisotopic (exact) mass is 277 g/mol. The lowest BCUT2D eigenvalue weighted by Gasteiger charge is -2.09. The van der Waals surface area contributed by atoms with E-state index in [1.807, 2.05) is 0 Å². The van der Waals surface area contributed by atoms with Crippen molar-refractivity contribution in [1.29, 1.82) is 0 Å². The normalized spacial score (nSPS) is 10.0. The van der Waals surface area contributed by atoms with Crippen molar-refractivity contribution in [2.24, 2.45) is 0 Å². The van der Waals surface area contributed by atoms with E-state index in [2.05, 4.69) is 15.0 Å². The number of esters is 1. The van der Waals surface area contributed by atoms with Crippen LogP contribution in [-0.4, -0.2) is 18.1 Å². The lowest BCUT2D eigenvalue weighted by molar-refractivity contribution is 0.0600. The highest BCUT2D eigenvalue weighted by Gasteiger charge is 2.08. The van der Waals surface area contributed by atoms with Crippen molar-refractivity contribution >= 4 is 34.8 Å². The zero-order valence-electron chi connectivity index (χ0n) is 10.2. The van der Waals surface area contributed by atoms with Gasteiger partial charge in [-0.2, -0.15) is 0 Å². The second-order valence-electron chi connectivity index (χ2n) is 3.79. The van der Waals surface area contributed by atoms with Gasteiger partial charge >= 0.3 is 5.97 Å². The van der Waals surface area contributed by atoms with Crippen LogP contribution in [0.4, 0.5) is 17.2 Å². The van der Waals surface area contributed by atoms with Gasteiger partial charge in [0.1, 0.15) is 5.82 Å². The Bertz CT molecular complexity index is 617. The molecule has 0 bridgehead atoms. The van der Waals surface area contributed by atoms with Gasteiger partial charge in [-0.05, 0) is 30.3 Å². The maximum atomic E-state index is 11.4. The number of hydrogen-bond acceptors (Lipinski definition) is 5. The fourth-order valence-electron chi connectivity index (χ4n) is 1.52. The maximum absolute atomic E-state index is 11.4. The molecule has 1 aromatic heterocycles. The predicted octanol–water partition coefficient (Wildman–Crippen LogP) is 2.85. The molecular weight excluding hydrogens is 266 g/mol. The summed E-state index contributed by atoms with van der Waals surface area (Å²) in [6.45, 7) is 0. The first kappa shape index (κ1) is 13.2. The number of aromatic nitrogens is 1. The van der Waals surface area contributed by atoms with Gasteiger partial charge in [-0.1, -0.05) is 11.6 Å². The van der Waals surface area contributed by atoms with E-state index in [-0.39, 0.29) is 0 Å². The molecule has 0 aliphatic heterocycles. The smallest absolute Gasteiger partial charge is 0.338 e. The number of carbonyl (C=O) groups is 1. The summed E-state index contributed by atoms with van der Waals surface area (Å²) in [4.78, 5) is 15.5. The number of hydrogen-bond donors (Lipinski definition) is 2. The van der Waals surface area contributed by atoms with Crippen LogP contribution in [0.25, 0.3) is 0 Å². The summed E-state index contributed by atoms with van der Waals surface area (Å²) in [6, 6.07) is 8.22. The highest BCUT2D eigenvalue weighted by molar-refractivity contribution is 6.33. The van der Waals surface area contributed by atoms with E-state index in [0.717, 1.165) is 0 Å². The number of methoxy groups -OCH3 is 1. The number of carbonyl (C=O) groups excluding carboxylic acids is 1. The third kappa shape index (κ3) is 3.14. The Hall–Kier alpha value is -2.27. The molecule has 3 N–H and O–H groups in total. The first-order chi connectivity index (χ1) is 9.10. The summed E-state index contributed by atoms with van der Waals surface area (Å²) in [7, 11) is 1.32. The van der Waals surface area contributed by atoms with E-state index in [1.165, 1.54) is 13.3 Å². The molecule has 2 aromatic rings. The first-order valence-corrected chi connectivity index (χ1v) is 5.84. The summed E-state index contributed by atoms with van der Waals surface area (Å²) in [5, 5.41) is 3.51. The molecule has 5 nitrogen and oxygen atoms in total. The van der Waals surface area contributed by atoms with E-state index >= 15 is 0 Å². The number of benzene rings is 1. The van der Waals surface area contributed by atoms with Gasteiger partial charge < -0.3 is 15.8 Å². The molecule has 6 heteroatoms. The molecule has 0 radical (unpaired) electrons. The molecule has 0 saturated heterocycles. The number of nitrogens with zero attached hydrogens (tertiary/aromatic N) is 1. The molecule has 0 saturated carbocycles. The molecule has 19 heavy (non-hydrogen) atoms. The van der Waals surface area contributed by atoms with E-state index in [0.29, 0.717) is 27.8 Å². The van der Waals surface area contributed by atoms with Crippen LogP contribution >= 0.6 is 11.6 Å². The van der Waals surface area contributed by atoms with Gasteiger partial charge in [0.15, 0.2) is 0 Å². The lowest BCUT2D eigenvalue weighted by Crippen LogP contribution is -2.03. The summed E-state index contributed by atoms with van der Waals surface area (Å²) >= 11 is 6.04. The minimum Gasteiger partial charge on any atom is -0.465 e. The van der Waals surface area contributed by atoms with Crippen LogP contribution in [0.1, 0.15) is 10.4 Å². The number of nitrogens with two attached hydrogens (primary N) is 1. The Morgan fingerprint density at radius 1 is 1.37 bits per heavy atom. The molecule has 2 rings (SSSR count). The van der Waals surface area contributed by atoms with E-state index in [1.54, 1.807) is 30.3 Å². The number of nitrogen functional groups attached to an aromatic ring is 1. The Morgan fingerprint density at radius 2 is 2.16 bits per heavy atom. The molecule has 0 fully saturated rings. The first-order valence-electron chi connectivity index (χ1n) is 5.46. The molecule has 0 aliphatic rings. The number of pyridine rings is 1. The molecule has 1 heterocycles. The molecule has 0 spiro atoms. The van der Waals surface area contributed by atoms with Crippen LogP contribution in [0.15, 0.2) is 36.5 Å². The minimum absolute atomic E-state index is 0.403. The van der Waals surface area contributed by atoms with Gasteiger partial charge in [0, 0.05) is 11.9 Å². The van der Waals surface area contributed by atoms with Gasteiger partial charge in [-0.3, -0.25) is 0 Å². The maximum Gasteiger partial charge on any atom is 0.338 e. The summed E-state index contributed by atoms with van der Waals surface area (Å²) in [5.41, 5.74) is 7.29. The lowest BCUT2D eigenvalue weighted by atomic mass is 10.2. The van der Waals surface area contributed by atoms with Crippen molar-refractivity contribution in [2.45, 2.75) is 0 Å². The number of nitrogens with one attached hydrogen (secondary N) is 1. The minimum atomic E-state index is -0.427. The summed E-state index contributed by atoms with van der Waals surface area (Å²) in [5.74, 6) is 0.0551. The number of anilines is 3. The third-order valence-corrected chi connectivity index (χ3v) is 2.76. The highest BCUT2D eigenvalue weighted by atomic mass is 35.5. The van der Waals surface area contributed by atoms with Gasteiger partial charge in [-0.15, -0.1) is 0 Å². The molecule has 0 atom stereocenters. The predicted molar refractivity (Wildman–Crippen MR) is 74.7 cm³/mol. The summed E-state index contributed by atoms with van der Waals surface area (Å²) < 4.78 is 4.64. The van der Waals surface area contributed by atoms with E-state index < -0.39 is 5.97 Å². The van der Waals surface area contributed by atoms with Crippen LogP contribution in [0.5, 0.6) is 0 Å².